The Hall–Kier alpha value is -2.33. The SMILES string of the molecule is C[C@@H](c1ccncc1)N(C)Cc1ccc2cccc(F)c2n1. The molecule has 1 atom stereocenters. The number of hydrogen-bond acceptors (Lipinski definition) is 3. The van der Waals surface area contributed by atoms with E-state index in [1.165, 1.54) is 11.6 Å². The number of nitrogens with zero attached hydrogens (tertiary/aromatic N) is 3. The molecule has 0 fully saturated rings. The fourth-order valence-electron chi connectivity index (χ4n) is 2.53. The average Bonchev–Trinajstić information content (AvgIpc) is 2.55. The zero-order chi connectivity index (χ0) is 15.5. The summed E-state index contributed by atoms with van der Waals surface area (Å²) in [5, 5.41) is 0.827. The second kappa shape index (κ2) is 6.20. The molecule has 0 saturated heterocycles. The van der Waals surface area contributed by atoms with Gasteiger partial charge in [-0.1, -0.05) is 18.2 Å². The number of pyridine rings is 2. The molecule has 0 aliphatic rings. The summed E-state index contributed by atoms with van der Waals surface area (Å²) in [7, 11) is 2.04. The van der Waals surface area contributed by atoms with E-state index in [0.717, 1.165) is 11.1 Å². The van der Waals surface area contributed by atoms with Crippen molar-refractivity contribution in [3.05, 3.63) is 71.9 Å². The summed E-state index contributed by atoms with van der Waals surface area (Å²) >= 11 is 0. The molecular formula is C18H18FN3. The Morgan fingerprint density at radius 2 is 1.86 bits per heavy atom. The van der Waals surface area contributed by atoms with Crippen molar-refractivity contribution in [3.63, 3.8) is 0 Å². The van der Waals surface area contributed by atoms with Gasteiger partial charge in [0, 0.05) is 30.4 Å². The Balaban J connectivity index is 1.82. The van der Waals surface area contributed by atoms with E-state index in [1.807, 2.05) is 37.4 Å². The van der Waals surface area contributed by atoms with E-state index >= 15 is 0 Å². The third kappa shape index (κ3) is 2.97. The smallest absolute Gasteiger partial charge is 0.149 e. The minimum absolute atomic E-state index is 0.237. The van der Waals surface area contributed by atoms with Crippen LogP contribution in [0.3, 0.4) is 0 Å². The lowest BCUT2D eigenvalue weighted by Crippen LogP contribution is -2.22. The van der Waals surface area contributed by atoms with E-state index in [4.69, 9.17) is 0 Å². The number of aromatic nitrogens is 2. The van der Waals surface area contributed by atoms with Crippen molar-refractivity contribution in [1.82, 2.24) is 14.9 Å². The molecule has 0 spiro atoms. The molecule has 22 heavy (non-hydrogen) atoms. The lowest BCUT2D eigenvalue weighted by molar-refractivity contribution is 0.250. The van der Waals surface area contributed by atoms with Crippen LogP contribution in [-0.4, -0.2) is 21.9 Å². The molecule has 4 heteroatoms. The quantitative estimate of drug-likeness (QED) is 0.729. The first-order valence-corrected chi connectivity index (χ1v) is 7.29. The normalized spacial score (nSPS) is 12.7. The van der Waals surface area contributed by atoms with Crippen LogP contribution in [-0.2, 0) is 6.54 Å². The molecule has 0 saturated carbocycles. The average molecular weight is 295 g/mol. The Morgan fingerprint density at radius 3 is 2.64 bits per heavy atom. The molecule has 2 heterocycles. The van der Waals surface area contributed by atoms with Crippen LogP contribution in [0.2, 0.25) is 0 Å². The molecular weight excluding hydrogens is 277 g/mol. The van der Waals surface area contributed by atoms with Gasteiger partial charge in [0.25, 0.3) is 0 Å². The largest absolute Gasteiger partial charge is 0.294 e. The summed E-state index contributed by atoms with van der Waals surface area (Å²) in [5.41, 5.74) is 2.50. The number of benzene rings is 1. The zero-order valence-electron chi connectivity index (χ0n) is 12.7. The monoisotopic (exact) mass is 295 g/mol. The maximum Gasteiger partial charge on any atom is 0.149 e. The fourth-order valence-corrected chi connectivity index (χ4v) is 2.53. The Bertz CT molecular complexity index is 774. The molecule has 0 aliphatic carbocycles. The summed E-state index contributed by atoms with van der Waals surface area (Å²) in [6.07, 6.45) is 3.59. The van der Waals surface area contributed by atoms with Crippen molar-refractivity contribution in [3.8, 4) is 0 Å². The van der Waals surface area contributed by atoms with E-state index in [9.17, 15) is 4.39 Å². The predicted octanol–water partition coefficient (Wildman–Crippen LogP) is 3.96. The number of rotatable bonds is 4. The Morgan fingerprint density at radius 1 is 1.09 bits per heavy atom. The van der Waals surface area contributed by atoms with Crippen molar-refractivity contribution in [2.75, 3.05) is 7.05 Å². The van der Waals surface area contributed by atoms with Gasteiger partial charge >= 0.3 is 0 Å². The van der Waals surface area contributed by atoms with Crippen molar-refractivity contribution in [2.24, 2.45) is 0 Å². The topological polar surface area (TPSA) is 29.0 Å². The molecule has 0 radical (unpaired) electrons. The lowest BCUT2D eigenvalue weighted by Gasteiger charge is -2.24. The molecule has 2 aromatic heterocycles. The molecule has 0 amide bonds. The Labute approximate surface area is 129 Å². The standard InChI is InChI=1S/C18H18FN3/c1-13(14-8-10-20-11-9-14)22(2)12-16-7-6-15-4-3-5-17(19)18(15)21-16/h3-11,13H,12H2,1-2H3/t13-/m0/s1. The van der Waals surface area contributed by atoms with Gasteiger partial charge in [-0.3, -0.25) is 9.88 Å². The lowest BCUT2D eigenvalue weighted by atomic mass is 10.1. The van der Waals surface area contributed by atoms with Crippen LogP contribution in [0.1, 0.15) is 24.2 Å². The number of fused-ring (bicyclic) bond motifs is 1. The van der Waals surface area contributed by atoms with Gasteiger partial charge in [0.1, 0.15) is 11.3 Å². The highest BCUT2D eigenvalue weighted by Gasteiger charge is 2.13. The molecule has 3 aromatic rings. The Kier molecular flexibility index (Phi) is 4.11. The number of hydrogen-bond donors (Lipinski definition) is 0. The van der Waals surface area contributed by atoms with Crippen LogP contribution in [0.4, 0.5) is 4.39 Å². The maximum atomic E-state index is 13.8. The fraction of sp³-hybridized carbons (Fsp3) is 0.222. The van der Waals surface area contributed by atoms with Crippen LogP contribution in [0.25, 0.3) is 10.9 Å². The molecule has 3 rings (SSSR count). The molecule has 3 nitrogen and oxygen atoms in total. The summed E-state index contributed by atoms with van der Waals surface area (Å²) in [4.78, 5) is 10.7. The molecule has 1 aromatic carbocycles. The van der Waals surface area contributed by atoms with Crippen LogP contribution in [0.5, 0.6) is 0 Å². The molecule has 0 bridgehead atoms. The van der Waals surface area contributed by atoms with E-state index in [2.05, 4.69) is 21.8 Å². The van der Waals surface area contributed by atoms with Gasteiger partial charge in [-0.05, 0) is 43.8 Å². The molecule has 0 N–H and O–H groups in total. The van der Waals surface area contributed by atoms with Gasteiger partial charge < -0.3 is 0 Å². The molecule has 0 unspecified atom stereocenters. The molecule has 0 aliphatic heterocycles. The minimum Gasteiger partial charge on any atom is -0.294 e. The summed E-state index contributed by atoms with van der Waals surface area (Å²) in [5.74, 6) is -0.274. The minimum atomic E-state index is -0.274. The molecule has 112 valence electrons. The van der Waals surface area contributed by atoms with Crippen LogP contribution in [0, 0.1) is 5.82 Å². The predicted molar refractivity (Wildman–Crippen MR) is 85.8 cm³/mol. The first-order valence-electron chi connectivity index (χ1n) is 7.29. The van der Waals surface area contributed by atoms with Crippen LogP contribution in [0.15, 0.2) is 54.9 Å². The van der Waals surface area contributed by atoms with Gasteiger partial charge in [-0.25, -0.2) is 9.37 Å². The van der Waals surface area contributed by atoms with Crippen molar-refractivity contribution >= 4 is 10.9 Å². The third-order valence-electron chi connectivity index (χ3n) is 3.99. The van der Waals surface area contributed by atoms with Gasteiger partial charge in [0.2, 0.25) is 0 Å². The van der Waals surface area contributed by atoms with Gasteiger partial charge in [0.05, 0.1) is 5.69 Å². The van der Waals surface area contributed by atoms with Crippen LogP contribution >= 0.6 is 0 Å². The van der Waals surface area contributed by atoms with E-state index < -0.39 is 0 Å². The van der Waals surface area contributed by atoms with Gasteiger partial charge in [-0.2, -0.15) is 0 Å². The number of para-hydroxylation sites is 1. The van der Waals surface area contributed by atoms with E-state index in [0.29, 0.717) is 12.1 Å². The van der Waals surface area contributed by atoms with Crippen molar-refractivity contribution in [2.45, 2.75) is 19.5 Å². The first kappa shape index (κ1) is 14.6. The zero-order valence-corrected chi connectivity index (χ0v) is 12.7. The number of halogens is 1. The highest BCUT2D eigenvalue weighted by molar-refractivity contribution is 5.79. The van der Waals surface area contributed by atoms with E-state index in [-0.39, 0.29) is 11.9 Å². The highest BCUT2D eigenvalue weighted by atomic mass is 19.1. The first-order chi connectivity index (χ1) is 10.6. The summed E-state index contributed by atoms with van der Waals surface area (Å²) < 4.78 is 13.8. The van der Waals surface area contributed by atoms with Crippen LogP contribution < -0.4 is 0 Å². The van der Waals surface area contributed by atoms with Crippen molar-refractivity contribution < 1.29 is 4.39 Å². The van der Waals surface area contributed by atoms with Gasteiger partial charge in [-0.15, -0.1) is 0 Å². The summed E-state index contributed by atoms with van der Waals surface area (Å²) in [6, 6.07) is 13.2. The van der Waals surface area contributed by atoms with Crippen molar-refractivity contribution in [1.29, 1.82) is 0 Å². The highest BCUT2D eigenvalue weighted by Crippen LogP contribution is 2.21. The maximum absolute atomic E-state index is 13.8. The van der Waals surface area contributed by atoms with Gasteiger partial charge in [0.15, 0.2) is 0 Å². The summed E-state index contributed by atoms with van der Waals surface area (Å²) in [6.45, 7) is 2.80. The third-order valence-corrected chi connectivity index (χ3v) is 3.99. The second-order valence-electron chi connectivity index (χ2n) is 5.49. The second-order valence-corrected chi connectivity index (χ2v) is 5.49. The van der Waals surface area contributed by atoms with E-state index in [1.54, 1.807) is 18.5 Å².